The van der Waals surface area contributed by atoms with Crippen molar-refractivity contribution >= 4 is 10.9 Å². The molecule has 0 amide bonds. The molecule has 0 radical (unpaired) electrons. The quantitative estimate of drug-likeness (QED) is 0.532. The van der Waals surface area contributed by atoms with Crippen LogP contribution in [0.5, 0.6) is 5.88 Å². The van der Waals surface area contributed by atoms with Crippen LogP contribution in [-0.4, -0.2) is 17.1 Å². The Kier molecular flexibility index (Phi) is 3.70. The van der Waals surface area contributed by atoms with E-state index in [1.165, 1.54) is 16.5 Å². The van der Waals surface area contributed by atoms with Crippen LogP contribution in [0.4, 0.5) is 0 Å². The molecule has 4 nitrogen and oxygen atoms in total. The molecule has 0 atom stereocenters. The van der Waals surface area contributed by atoms with Crippen molar-refractivity contribution in [2.75, 3.05) is 7.11 Å². The molecule has 1 aliphatic carbocycles. The fourth-order valence-corrected chi connectivity index (χ4v) is 4.25. The van der Waals surface area contributed by atoms with E-state index in [2.05, 4.69) is 60.4 Å². The van der Waals surface area contributed by atoms with Gasteiger partial charge >= 0.3 is 0 Å². The van der Waals surface area contributed by atoms with Gasteiger partial charge in [0.25, 0.3) is 0 Å². The number of H-pyrrole nitrogens is 1. The zero-order valence-electron chi connectivity index (χ0n) is 15.8. The first-order valence-electron chi connectivity index (χ1n) is 9.39. The maximum atomic E-state index is 9.88. The zero-order valence-corrected chi connectivity index (χ0v) is 15.8. The highest BCUT2D eigenvalue weighted by Gasteiger charge is 2.28. The normalized spacial score (nSPS) is 12.3. The van der Waals surface area contributed by atoms with Crippen molar-refractivity contribution in [3.8, 4) is 34.5 Å². The van der Waals surface area contributed by atoms with E-state index in [1.54, 1.807) is 7.11 Å². The predicted octanol–water partition coefficient (Wildman–Crippen LogP) is 5.18. The topological polar surface area (TPSA) is 61.7 Å². The van der Waals surface area contributed by atoms with Gasteiger partial charge < -0.3 is 9.72 Å². The van der Waals surface area contributed by atoms with Crippen molar-refractivity contribution in [2.45, 2.75) is 19.8 Å². The number of fused-ring (bicyclic) bond motifs is 5. The van der Waals surface area contributed by atoms with E-state index < -0.39 is 0 Å². The summed E-state index contributed by atoms with van der Waals surface area (Å²) in [5.41, 5.74) is 9.11. The summed E-state index contributed by atoms with van der Waals surface area (Å²) in [5, 5.41) is 11.1. The summed E-state index contributed by atoms with van der Waals surface area (Å²) in [6.45, 7) is 2.06. The Hall–Kier alpha value is -3.58. The molecule has 0 aliphatic heterocycles. The fourth-order valence-electron chi connectivity index (χ4n) is 4.25. The molecule has 0 spiro atoms. The molecular weight excluding hydrogens is 346 g/mol. The Bertz CT molecular complexity index is 1260. The van der Waals surface area contributed by atoms with Crippen LogP contribution in [0.1, 0.15) is 22.3 Å². The minimum absolute atomic E-state index is 0.378. The lowest BCUT2D eigenvalue weighted by molar-refractivity contribution is 0.397. The summed E-state index contributed by atoms with van der Waals surface area (Å²) < 4.78 is 5.53. The molecule has 28 heavy (non-hydrogen) atoms. The maximum absolute atomic E-state index is 9.88. The van der Waals surface area contributed by atoms with Gasteiger partial charge in [0.2, 0.25) is 5.88 Å². The number of nitriles is 1. The first-order valence-corrected chi connectivity index (χ1v) is 9.39. The molecule has 2 aromatic carbocycles. The van der Waals surface area contributed by atoms with Gasteiger partial charge in [-0.1, -0.05) is 48.0 Å². The average molecular weight is 365 g/mol. The van der Waals surface area contributed by atoms with Gasteiger partial charge in [-0.05, 0) is 42.5 Å². The van der Waals surface area contributed by atoms with Gasteiger partial charge in [0, 0.05) is 16.5 Å². The number of aromatic amines is 1. The van der Waals surface area contributed by atoms with E-state index in [0.29, 0.717) is 11.4 Å². The van der Waals surface area contributed by atoms with Crippen LogP contribution in [0.25, 0.3) is 33.4 Å². The lowest BCUT2D eigenvalue weighted by Gasteiger charge is -2.22. The van der Waals surface area contributed by atoms with E-state index in [1.807, 2.05) is 6.07 Å². The van der Waals surface area contributed by atoms with Crippen molar-refractivity contribution in [1.82, 2.24) is 9.97 Å². The Balaban J connectivity index is 1.86. The van der Waals surface area contributed by atoms with Gasteiger partial charge in [-0.2, -0.15) is 5.26 Å². The number of hydrogen-bond acceptors (Lipinski definition) is 3. The Morgan fingerprint density at radius 3 is 2.54 bits per heavy atom. The number of nitrogens with one attached hydrogen (secondary N) is 1. The summed E-state index contributed by atoms with van der Waals surface area (Å²) in [6, 6.07) is 19.0. The molecule has 2 heterocycles. The van der Waals surface area contributed by atoms with Gasteiger partial charge in [-0.25, -0.2) is 4.98 Å². The van der Waals surface area contributed by atoms with Crippen LogP contribution in [-0.2, 0) is 12.8 Å². The molecule has 0 unspecified atom stereocenters. The third-order valence-electron chi connectivity index (χ3n) is 5.59. The molecule has 2 aromatic heterocycles. The highest BCUT2D eigenvalue weighted by atomic mass is 16.5. The molecule has 0 fully saturated rings. The van der Waals surface area contributed by atoms with Gasteiger partial charge in [0.15, 0.2) is 0 Å². The van der Waals surface area contributed by atoms with Gasteiger partial charge in [-0.3, -0.25) is 0 Å². The highest BCUT2D eigenvalue weighted by Crippen LogP contribution is 2.43. The standard InChI is InChI=1S/C24H19N3O/c1-14-7-9-15(10-8-14)21-18-12-11-17-16-5-3-4-6-20(16)26-22(17)23(18)27-24(28-2)19(21)13-25/h3-10,26H,11-12H2,1-2H3. The number of methoxy groups -OCH3 is 1. The smallest absolute Gasteiger partial charge is 0.232 e. The number of benzene rings is 2. The zero-order chi connectivity index (χ0) is 19.3. The van der Waals surface area contributed by atoms with Crippen LogP contribution in [0.2, 0.25) is 0 Å². The number of para-hydroxylation sites is 1. The molecule has 0 saturated carbocycles. The summed E-state index contributed by atoms with van der Waals surface area (Å²) in [7, 11) is 1.57. The lowest BCUT2D eigenvalue weighted by atomic mass is 9.85. The van der Waals surface area contributed by atoms with E-state index >= 15 is 0 Å². The highest BCUT2D eigenvalue weighted by molar-refractivity contribution is 5.93. The first kappa shape index (κ1) is 16.6. The third-order valence-corrected chi connectivity index (χ3v) is 5.59. The average Bonchev–Trinajstić information content (AvgIpc) is 3.12. The maximum Gasteiger partial charge on any atom is 0.232 e. The van der Waals surface area contributed by atoms with Crippen LogP contribution < -0.4 is 4.74 Å². The van der Waals surface area contributed by atoms with Crippen LogP contribution in [0.15, 0.2) is 48.5 Å². The van der Waals surface area contributed by atoms with E-state index in [0.717, 1.165) is 46.4 Å². The van der Waals surface area contributed by atoms with Crippen molar-refractivity contribution in [3.05, 3.63) is 70.8 Å². The van der Waals surface area contributed by atoms with E-state index in [9.17, 15) is 5.26 Å². The molecule has 5 rings (SSSR count). The predicted molar refractivity (Wildman–Crippen MR) is 110 cm³/mol. The minimum atomic E-state index is 0.378. The first-order chi connectivity index (χ1) is 13.7. The number of pyridine rings is 1. The molecule has 0 saturated heterocycles. The second-order valence-corrected chi connectivity index (χ2v) is 7.20. The Labute approximate surface area is 163 Å². The van der Waals surface area contributed by atoms with Crippen LogP contribution in [0.3, 0.4) is 0 Å². The van der Waals surface area contributed by atoms with Gasteiger partial charge in [0.1, 0.15) is 11.6 Å². The summed E-state index contributed by atoms with van der Waals surface area (Å²) in [5.74, 6) is 0.378. The van der Waals surface area contributed by atoms with Crippen LogP contribution >= 0.6 is 0 Å². The van der Waals surface area contributed by atoms with E-state index in [4.69, 9.17) is 9.72 Å². The van der Waals surface area contributed by atoms with Crippen molar-refractivity contribution in [2.24, 2.45) is 0 Å². The second-order valence-electron chi connectivity index (χ2n) is 7.20. The molecule has 136 valence electrons. The summed E-state index contributed by atoms with van der Waals surface area (Å²) >= 11 is 0. The SMILES string of the molecule is COc1nc2c(c(-c3ccc(C)cc3)c1C#N)CCc1c-2[nH]c2ccccc12. The monoisotopic (exact) mass is 365 g/mol. The molecule has 4 heteroatoms. The molecule has 0 bridgehead atoms. The number of aryl methyl sites for hydroxylation is 2. The number of hydrogen-bond donors (Lipinski definition) is 1. The van der Waals surface area contributed by atoms with Crippen molar-refractivity contribution in [3.63, 3.8) is 0 Å². The Morgan fingerprint density at radius 1 is 1.04 bits per heavy atom. The van der Waals surface area contributed by atoms with Crippen molar-refractivity contribution in [1.29, 1.82) is 5.26 Å². The molecule has 1 aliphatic rings. The fraction of sp³-hybridized carbons (Fsp3) is 0.167. The number of ether oxygens (including phenoxy) is 1. The van der Waals surface area contributed by atoms with Gasteiger partial charge in [0.05, 0.1) is 18.5 Å². The second kappa shape index (κ2) is 6.24. The molecule has 1 N–H and O–H groups in total. The molecule has 4 aromatic rings. The Morgan fingerprint density at radius 2 is 1.79 bits per heavy atom. The summed E-state index contributed by atoms with van der Waals surface area (Å²) in [6.07, 6.45) is 1.77. The number of nitrogens with zero attached hydrogens (tertiary/aromatic N) is 2. The van der Waals surface area contributed by atoms with Crippen molar-refractivity contribution < 1.29 is 4.74 Å². The van der Waals surface area contributed by atoms with E-state index in [-0.39, 0.29) is 0 Å². The number of aromatic nitrogens is 2. The minimum Gasteiger partial charge on any atom is -0.480 e. The van der Waals surface area contributed by atoms with Crippen LogP contribution in [0, 0.1) is 18.3 Å². The largest absolute Gasteiger partial charge is 0.480 e. The number of rotatable bonds is 2. The third kappa shape index (κ3) is 2.33. The molecular formula is C24H19N3O. The van der Waals surface area contributed by atoms with Gasteiger partial charge in [-0.15, -0.1) is 0 Å². The summed E-state index contributed by atoms with van der Waals surface area (Å²) in [4.78, 5) is 8.31. The lowest BCUT2D eigenvalue weighted by Crippen LogP contribution is -2.10.